The number of nitrogens with zero attached hydrogens (tertiary/aromatic N) is 1. The van der Waals surface area contributed by atoms with Gasteiger partial charge < -0.3 is 15.6 Å². The SMILES string of the molecule is CC(=O)NCC(=O)NCCc1nc2ccccc2[nH]1. The number of imidazole rings is 1. The lowest BCUT2D eigenvalue weighted by atomic mass is 10.3. The number of carbonyl (C=O) groups excluding carboxylic acids is 2. The van der Waals surface area contributed by atoms with E-state index in [1.165, 1.54) is 6.92 Å². The standard InChI is InChI=1S/C13H16N4O2/c1-9(18)15-8-13(19)14-7-6-12-16-10-4-2-3-5-11(10)17-12/h2-5H,6-8H2,1H3,(H,14,19)(H,15,18)(H,16,17). The summed E-state index contributed by atoms with van der Waals surface area (Å²) in [6.45, 7) is 1.87. The van der Waals surface area contributed by atoms with Gasteiger partial charge in [-0.1, -0.05) is 12.1 Å². The number of amides is 2. The molecule has 2 rings (SSSR count). The van der Waals surface area contributed by atoms with E-state index in [0.717, 1.165) is 16.9 Å². The third kappa shape index (κ3) is 3.80. The van der Waals surface area contributed by atoms with Gasteiger partial charge in [0.05, 0.1) is 17.6 Å². The molecule has 0 spiro atoms. The minimum atomic E-state index is -0.215. The molecule has 19 heavy (non-hydrogen) atoms. The van der Waals surface area contributed by atoms with Crippen molar-refractivity contribution >= 4 is 22.8 Å². The summed E-state index contributed by atoms with van der Waals surface area (Å²) in [6, 6.07) is 7.77. The van der Waals surface area contributed by atoms with E-state index >= 15 is 0 Å². The number of para-hydroxylation sites is 2. The van der Waals surface area contributed by atoms with Crippen LogP contribution in [-0.2, 0) is 16.0 Å². The average Bonchev–Trinajstić information content (AvgIpc) is 2.79. The first-order valence-electron chi connectivity index (χ1n) is 6.10. The Morgan fingerprint density at radius 2 is 2.05 bits per heavy atom. The minimum Gasteiger partial charge on any atom is -0.354 e. The molecule has 0 aliphatic rings. The second-order valence-electron chi connectivity index (χ2n) is 4.21. The normalized spacial score (nSPS) is 10.4. The molecule has 1 aromatic carbocycles. The number of aromatic amines is 1. The van der Waals surface area contributed by atoms with Crippen molar-refractivity contribution in [2.75, 3.05) is 13.1 Å². The summed E-state index contributed by atoms with van der Waals surface area (Å²) in [4.78, 5) is 29.6. The van der Waals surface area contributed by atoms with Crippen LogP contribution in [0.15, 0.2) is 24.3 Å². The number of rotatable bonds is 5. The van der Waals surface area contributed by atoms with Crippen molar-refractivity contribution in [2.24, 2.45) is 0 Å². The van der Waals surface area contributed by atoms with E-state index in [1.54, 1.807) is 0 Å². The highest BCUT2D eigenvalue weighted by Gasteiger charge is 2.04. The molecule has 2 aromatic rings. The molecule has 0 fully saturated rings. The van der Waals surface area contributed by atoms with Crippen LogP contribution in [-0.4, -0.2) is 34.9 Å². The van der Waals surface area contributed by atoms with Gasteiger partial charge >= 0.3 is 0 Å². The lowest BCUT2D eigenvalue weighted by molar-refractivity contribution is -0.125. The van der Waals surface area contributed by atoms with Crippen LogP contribution in [0.25, 0.3) is 11.0 Å². The Balaban J connectivity index is 1.79. The van der Waals surface area contributed by atoms with Crippen LogP contribution in [0.3, 0.4) is 0 Å². The molecule has 0 aliphatic heterocycles. The van der Waals surface area contributed by atoms with Crippen LogP contribution >= 0.6 is 0 Å². The highest BCUT2D eigenvalue weighted by atomic mass is 16.2. The molecular weight excluding hydrogens is 244 g/mol. The number of hydrogen-bond acceptors (Lipinski definition) is 3. The first-order chi connectivity index (χ1) is 9.15. The molecule has 100 valence electrons. The first kappa shape index (κ1) is 13.1. The number of benzene rings is 1. The van der Waals surface area contributed by atoms with Crippen molar-refractivity contribution in [3.63, 3.8) is 0 Å². The molecule has 1 heterocycles. The molecule has 1 aromatic heterocycles. The largest absolute Gasteiger partial charge is 0.354 e. The Labute approximate surface area is 110 Å². The molecule has 3 N–H and O–H groups in total. The van der Waals surface area contributed by atoms with Crippen LogP contribution in [0.5, 0.6) is 0 Å². The molecule has 0 unspecified atom stereocenters. The molecule has 0 bridgehead atoms. The van der Waals surface area contributed by atoms with Gasteiger partial charge in [-0.2, -0.15) is 0 Å². The molecule has 0 saturated carbocycles. The van der Waals surface area contributed by atoms with Gasteiger partial charge in [-0.15, -0.1) is 0 Å². The minimum absolute atomic E-state index is 0.00939. The van der Waals surface area contributed by atoms with E-state index in [0.29, 0.717) is 13.0 Å². The lowest BCUT2D eigenvalue weighted by Crippen LogP contribution is -2.36. The van der Waals surface area contributed by atoms with E-state index in [-0.39, 0.29) is 18.4 Å². The molecule has 0 aliphatic carbocycles. The van der Waals surface area contributed by atoms with E-state index in [4.69, 9.17) is 0 Å². The Bertz CT molecular complexity index is 558. The van der Waals surface area contributed by atoms with Gasteiger partial charge in [0, 0.05) is 19.9 Å². The van der Waals surface area contributed by atoms with Crippen LogP contribution in [0.2, 0.25) is 0 Å². The van der Waals surface area contributed by atoms with Gasteiger partial charge in [0.15, 0.2) is 0 Å². The second kappa shape index (κ2) is 5.99. The third-order valence-electron chi connectivity index (χ3n) is 2.62. The van der Waals surface area contributed by atoms with Crippen molar-refractivity contribution < 1.29 is 9.59 Å². The Hall–Kier alpha value is -2.37. The number of fused-ring (bicyclic) bond motifs is 1. The molecule has 2 amide bonds. The number of H-pyrrole nitrogens is 1. The van der Waals surface area contributed by atoms with Crippen LogP contribution in [0.1, 0.15) is 12.7 Å². The van der Waals surface area contributed by atoms with Crippen molar-refractivity contribution in [1.29, 1.82) is 0 Å². The van der Waals surface area contributed by atoms with Gasteiger partial charge in [0.2, 0.25) is 11.8 Å². The van der Waals surface area contributed by atoms with Crippen molar-refractivity contribution in [2.45, 2.75) is 13.3 Å². The first-order valence-corrected chi connectivity index (χ1v) is 6.10. The summed E-state index contributed by atoms with van der Waals surface area (Å²) in [6.07, 6.45) is 0.625. The van der Waals surface area contributed by atoms with Gasteiger partial charge in [-0.25, -0.2) is 4.98 Å². The zero-order valence-electron chi connectivity index (χ0n) is 10.7. The predicted octanol–water partition coefficient (Wildman–Crippen LogP) is 0.358. The summed E-state index contributed by atoms with van der Waals surface area (Å²) < 4.78 is 0. The maximum absolute atomic E-state index is 11.4. The molecule has 6 nitrogen and oxygen atoms in total. The highest BCUT2D eigenvalue weighted by Crippen LogP contribution is 2.10. The topological polar surface area (TPSA) is 86.9 Å². The number of nitrogens with one attached hydrogen (secondary N) is 3. The molecular formula is C13H16N4O2. The van der Waals surface area contributed by atoms with Gasteiger partial charge in [-0.3, -0.25) is 9.59 Å². The zero-order valence-corrected chi connectivity index (χ0v) is 10.7. The maximum Gasteiger partial charge on any atom is 0.239 e. The summed E-state index contributed by atoms with van der Waals surface area (Å²) in [5, 5.41) is 5.16. The van der Waals surface area contributed by atoms with Crippen molar-refractivity contribution in [3.05, 3.63) is 30.1 Å². The molecule has 0 atom stereocenters. The fourth-order valence-electron chi connectivity index (χ4n) is 1.71. The smallest absolute Gasteiger partial charge is 0.239 e. The summed E-state index contributed by atoms with van der Waals surface area (Å²) >= 11 is 0. The van der Waals surface area contributed by atoms with Gasteiger partial charge in [-0.05, 0) is 12.1 Å². The predicted molar refractivity (Wildman–Crippen MR) is 71.5 cm³/mol. The fraction of sp³-hybridized carbons (Fsp3) is 0.308. The monoisotopic (exact) mass is 260 g/mol. The fourth-order valence-corrected chi connectivity index (χ4v) is 1.71. The zero-order chi connectivity index (χ0) is 13.7. The number of aromatic nitrogens is 2. The van der Waals surface area contributed by atoms with E-state index in [2.05, 4.69) is 20.6 Å². The lowest BCUT2D eigenvalue weighted by Gasteiger charge is -2.04. The molecule has 6 heteroatoms. The summed E-state index contributed by atoms with van der Waals surface area (Å²) in [7, 11) is 0. The highest BCUT2D eigenvalue weighted by molar-refractivity contribution is 5.83. The summed E-state index contributed by atoms with van der Waals surface area (Å²) in [5.41, 5.74) is 1.91. The van der Waals surface area contributed by atoms with Crippen molar-refractivity contribution in [3.8, 4) is 0 Å². The van der Waals surface area contributed by atoms with Crippen molar-refractivity contribution in [1.82, 2.24) is 20.6 Å². The second-order valence-corrected chi connectivity index (χ2v) is 4.21. The third-order valence-corrected chi connectivity index (χ3v) is 2.62. The van der Waals surface area contributed by atoms with Crippen LogP contribution in [0, 0.1) is 0 Å². The van der Waals surface area contributed by atoms with E-state index in [1.807, 2.05) is 24.3 Å². The maximum atomic E-state index is 11.4. The number of carbonyl (C=O) groups is 2. The quantitative estimate of drug-likeness (QED) is 0.725. The average molecular weight is 260 g/mol. The van der Waals surface area contributed by atoms with Gasteiger partial charge in [0.25, 0.3) is 0 Å². The Morgan fingerprint density at radius 1 is 1.26 bits per heavy atom. The molecule has 0 saturated heterocycles. The number of hydrogen-bond donors (Lipinski definition) is 3. The van der Waals surface area contributed by atoms with Gasteiger partial charge in [0.1, 0.15) is 5.82 Å². The molecule has 0 radical (unpaired) electrons. The van der Waals surface area contributed by atoms with E-state index < -0.39 is 0 Å². The summed E-state index contributed by atoms with van der Waals surface area (Å²) in [5.74, 6) is 0.416. The van der Waals surface area contributed by atoms with Crippen LogP contribution < -0.4 is 10.6 Å². The Kier molecular flexibility index (Phi) is 4.12. The van der Waals surface area contributed by atoms with E-state index in [9.17, 15) is 9.59 Å². The van der Waals surface area contributed by atoms with Crippen LogP contribution in [0.4, 0.5) is 0 Å². The Morgan fingerprint density at radius 3 is 2.79 bits per heavy atom.